The number of benzene rings is 2. The number of fused-ring (bicyclic) bond motifs is 4. The Hall–Kier alpha value is -2.95. The molecule has 1 aliphatic heterocycles. The molecule has 1 saturated carbocycles. The summed E-state index contributed by atoms with van der Waals surface area (Å²) in [6.45, 7) is 0. The molecule has 3 aromatic rings. The molecule has 0 saturated heterocycles. The zero-order chi connectivity index (χ0) is 20.0. The van der Waals surface area contributed by atoms with E-state index >= 15 is 0 Å². The Kier molecular flexibility index (Phi) is 4.46. The molecular formula is C24H25NO4. The fourth-order valence-corrected chi connectivity index (χ4v) is 4.78. The molecule has 0 amide bonds. The van der Waals surface area contributed by atoms with Crippen molar-refractivity contribution in [3.63, 3.8) is 0 Å². The van der Waals surface area contributed by atoms with Gasteiger partial charge in [0.25, 0.3) is 0 Å². The van der Waals surface area contributed by atoms with Crippen LogP contribution in [0.25, 0.3) is 11.0 Å². The second kappa shape index (κ2) is 7.14. The monoisotopic (exact) mass is 391 g/mol. The number of nitrogens with zero attached hydrogens (tertiary/aromatic N) is 1. The second-order valence-electron chi connectivity index (χ2n) is 7.72. The smallest absolute Gasteiger partial charge is 0.176 e. The van der Waals surface area contributed by atoms with Crippen LogP contribution in [0, 0.1) is 0 Å². The molecule has 0 bridgehead atoms. The van der Waals surface area contributed by atoms with Crippen LogP contribution in [0.4, 0.5) is 0 Å². The van der Waals surface area contributed by atoms with Gasteiger partial charge in [0.1, 0.15) is 5.71 Å². The average Bonchev–Trinajstić information content (AvgIpc) is 3.21. The first-order valence-electron chi connectivity index (χ1n) is 10.1. The van der Waals surface area contributed by atoms with Gasteiger partial charge >= 0.3 is 0 Å². The molecule has 2 atom stereocenters. The maximum atomic E-state index is 6.27. The molecule has 1 fully saturated rings. The van der Waals surface area contributed by atoms with Crippen LogP contribution in [0.2, 0.25) is 0 Å². The predicted octanol–water partition coefficient (Wildman–Crippen LogP) is 5.34. The Morgan fingerprint density at radius 2 is 1.66 bits per heavy atom. The van der Waals surface area contributed by atoms with Crippen molar-refractivity contribution in [2.24, 2.45) is 4.99 Å². The quantitative estimate of drug-likeness (QED) is 0.603. The lowest BCUT2D eigenvalue weighted by Crippen LogP contribution is -2.29. The molecule has 2 heterocycles. The maximum Gasteiger partial charge on any atom is 0.176 e. The summed E-state index contributed by atoms with van der Waals surface area (Å²) < 4.78 is 22.9. The lowest BCUT2D eigenvalue weighted by molar-refractivity contribution is 0.349. The number of hydrogen-bond donors (Lipinski definition) is 0. The Morgan fingerprint density at radius 3 is 2.45 bits per heavy atom. The van der Waals surface area contributed by atoms with Crippen LogP contribution in [0.5, 0.6) is 17.2 Å². The topological polar surface area (TPSA) is 53.2 Å². The third kappa shape index (κ3) is 2.87. The van der Waals surface area contributed by atoms with E-state index in [1.807, 2.05) is 24.3 Å². The Labute approximate surface area is 170 Å². The summed E-state index contributed by atoms with van der Waals surface area (Å²) in [4.78, 5) is 5.18. The van der Waals surface area contributed by atoms with Crippen LogP contribution >= 0.6 is 0 Å². The van der Waals surface area contributed by atoms with E-state index < -0.39 is 0 Å². The van der Waals surface area contributed by atoms with Crippen LogP contribution in [0.3, 0.4) is 0 Å². The van der Waals surface area contributed by atoms with Crippen LogP contribution in [0.1, 0.15) is 48.5 Å². The SMILES string of the molecule is COc1cc2c(cc1OC)C1CCCCC1N=C2c1cc2cccc(OC)c2o1. The van der Waals surface area contributed by atoms with E-state index in [-0.39, 0.29) is 6.04 Å². The number of rotatable bonds is 4. The summed E-state index contributed by atoms with van der Waals surface area (Å²) in [6.07, 6.45) is 4.71. The highest BCUT2D eigenvalue weighted by Gasteiger charge is 2.35. The molecule has 29 heavy (non-hydrogen) atoms. The van der Waals surface area contributed by atoms with Crippen LogP contribution in [0.15, 0.2) is 45.8 Å². The van der Waals surface area contributed by atoms with E-state index in [0.717, 1.165) is 52.3 Å². The molecule has 2 unspecified atom stereocenters. The van der Waals surface area contributed by atoms with Crippen molar-refractivity contribution in [1.29, 1.82) is 0 Å². The molecule has 0 radical (unpaired) electrons. The normalized spacial score (nSPS) is 20.6. The summed E-state index contributed by atoms with van der Waals surface area (Å²) in [5, 5.41) is 1.01. The third-order valence-electron chi connectivity index (χ3n) is 6.20. The fraction of sp³-hybridized carbons (Fsp3) is 0.375. The largest absolute Gasteiger partial charge is 0.493 e. The van der Waals surface area contributed by atoms with Gasteiger partial charge in [0.2, 0.25) is 0 Å². The molecule has 1 aromatic heterocycles. The van der Waals surface area contributed by atoms with E-state index in [2.05, 4.69) is 12.1 Å². The van der Waals surface area contributed by atoms with Gasteiger partial charge in [0.05, 0.1) is 27.4 Å². The minimum Gasteiger partial charge on any atom is -0.493 e. The van der Waals surface area contributed by atoms with Gasteiger partial charge in [-0.1, -0.05) is 25.0 Å². The first-order valence-corrected chi connectivity index (χ1v) is 10.1. The summed E-state index contributed by atoms with van der Waals surface area (Å²) in [5.41, 5.74) is 4.00. The van der Waals surface area contributed by atoms with E-state index in [1.165, 1.54) is 18.4 Å². The number of methoxy groups -OCH3 is 3. The van der Waals surface area contributed by atoms with Gasteiger partial charge in [-0.3, -0.25) is 4.99 Å². The molecule has 1 aliphatic carbocycles. The standard InChI is InChI=1S/C24H25NO4/c1-26-19-10-6-7-14-11-22(29-24(14)19)23-17-13-21(28-3)20(27-2)12-16(17)15-8-4-5-9-18(15)25-23/h6-7,10-13,15,18H,4-5,8-9H2,1-3H3. The first-order chi connectivity index (χ1) is 14.2. The van der Waals surface area contributed by atoms with E-state index in [0.29, 0.717) is 11.7 Å². The molecule has 2 aromatic carbocycles. The van der Waals surface area contributed by atoms with Gasteiger partial charge in [-0.05, 0) is 42.7 Å². The number of furan rings is 1. The lowest BCUT2D eigenvalue weighted by Gasteiger charge is -2.35. The van der Waals surface area contributed by atoms with Crippen molar-refractivity contribution in [2.75, 3.05) is 21.3 Å². The maximum absolute atomic E-state index is 6.27. The molecule has 0 N–H and O–H groups in total. The molecule has 150 valence electrons. The van der Waals surface area contributed by atoms with Crippen LogP contribution in [-0.2, 0) is 0 Å². The van der Waals surface area contributed by atoms with Gasteiger partial charge in [-0.15, -0.1) is 0 Å². The van der Waals surface area contributed by atoms with Crippen molar-refractivity contribution in [2.45, 2.75) is 37.6 Å². The number of ether oxygens (including phenoxy) is 3. The summed E-state index contributed by atoms with van der Waals surface area (Å²) in [5.74, 6) is 3.39. The molecule has 0 spiro atoms. The van der Waals surface area contributed by atoms with Gasteiger partial charge in [0.15, 0.2) is 28.6 Å². The highest BCUT2D eigenvalue weighted by Crippen LogP contribution is 2.45. The number of para-hydroxylation sites is 1. The van der Waals surface area contributed by atoms with Gasteiger partial charge < -0.3 is 18.6 Å². The zero-order valence-electron chi connectivity index (χ0n) is 17.0. The molecule has 5 nitrogen and oxygen atoms in total. The highest BCUT2D eigenvalue weighted by atomic mass is 16.5. The van der Waals surface area contributed by atoms with Gasteiger partial charge in [-0.2, -0.15) is 0 Å². The second-order valence-corrected chi connectivity index (χ2v) is 7.72. The van der Waals surface area contributed by atoms with Crippen LogP contribution < -0.4 is 14.2 Å². The van der Waals surface area contributed by atoms with E-state index in [9.17, 15) is 0 Å². The summed E-state index contributed by atoms with van der Waals surface area (Å²) in [6, 6.07) is 12.4. The Bertz CT molecular complexity index is 1100. The molecule has 5 rings (SSSR count). The summed E-state index contributed by atoms with van der Waals surface area (Å²) in [7, 11) is 5.01. The Balaban J connectivity index is 1.72. The third-order valence-corrected chi connectivity index (χ3v) is 6.20. The minimum atomic E-state index is 0.277. The van der Waals surface area contributed by atoms with Gasteiger partial charge in [-0.25, -0.2) is 0 Å². The zero-order valence-corrected chi connectivity index (χ0v) is 17.0. The molecular weight excluding hydrogens is 366 g/mol. The van der Waals surface area contributed by atoms with Crippen molar-refractivity contribution in [3.8, 4) is 17.2 Å². The number of aliphatic imine (C=N–C) groups is 1. The predicted molar refractivity (Wildman–Crippen MR) is 113 cm³/mol. The fourth-order valence-electron chi connectivity index (χ4n) is 4.78. The molecule has 2 aliphatic rings. The highest BCUT2D eigenvalue weighted by molar-refractivity contribution is 6.15. The first kappa shape index (κ1) is 18.1. The summed E-state index contributed by atoms with van der Waals surface area (Å²) >= 11 is 0. The molecule has 5 heteroatoms. The van der Waals surface area contributed by atoms with Crippen molar-refractivity contribution < 1.29 is 18.6 Å². The van der Waals surface area contributed by atoms with Crippen molar-refractivity contribution in [1.82, 2.24) is 0 Å². The average molecular weight is 391 g/mol. The van der Waals surface area contributed by atoms with Crippen LogP contribution in [-0.4, -0.2) is 33.1 Å². The Morgan fingerprint density at radius 1 is 0.897 bits per heavy atom. The number of hydrogen-bond acceptors (Lipinski definition) is 5. The van der Waals surface area contributed by atoms with E-state index in [4.69, 9.17) is 23.6 Å². The minimum absolute atomic E-state index is 0.277. The van der Waals surface area contributed by atoms with E-state index in [1.54, 1.807) is 21.3 Å². The van der Waals surface area contributed by atoms with Crippen molar-refractivity contribution >= 4 is 16.7 Å². The lowest BCUT2D eigenvalue weighted by atomic mass is 9.75. The van der Waals surface area contributed by atoms with Gasteiger partial charge in [0, 0.05) is 16.9 Å². The van der Waals surface area contributed by atoms with Crippen molar-refractivity contribution in [3.05, 3.63) is 53.3 Å².